The van der Waals surface area contributed by atoms with Crippen LogP contribution in [-0.4, -0.2) is 42.0 Å². The number of rotatable bonds is 4. The van der Waals surface area contributed by atoms with Crippen molar-refractivity contribution in [3.8, 4) is 0 Å². The Morgan fingerprint density at radius 3 is 2.81 bits per heavy atom. The fourth-order valence-corrected chi connectivity index (χ4v) is 2.92. The number of benzene rings is 1. The van der Waals surface area contributed by atoms with Crippen LogP contribution in [0.2, 0.25) is 0 Å². The van der Waals surface area contributed by atoms with Gasteiger partial charge in [-0.05, 0) is 28.1 Å². The van der Waals surface area contributed by atoms with E-state index >= 15 is 0 Å². The highest BCUT2D eigenvalue weighted by Gasteiger charge is 2.33. The SMILES string of the molecule is NC(=O)c1c(Br)cccc1N1CCNC(=O)C1CC(=O)O. The van der Waals surface area contributed by atoms with E-state index in [0.717, 1.165) is 0 Å². The molecule has 0 radical (unpaired) electrons. The van der Waals surface area contributed by atoms with Crippen molar-refractivity contribution in [1.29, 1.82) is 0 Å². The first kappa shape index (κ1) is 15.3. The number of carbonyl (C=O) groups excluding carboxylic acids is 2. The minimum absolute atomic E-state index is 0.239. The second kappa shape index (κ2) is 6.13. The van der Waals surface area contributed by atoms with Crippen molar-refractivity contribution in [2.24, 2.45) is 5.73 Å². The van der Waals surface area contributed by atoms with E-state index in [1.165, 1.54) is 0 Å². The Kier molecular flexibility index (Phi) is 4.46. The molecule has 1 aromatic rings. The topological polar surface area (TPSA) is 113 Å². The van der Waals surface area contributed by atoms with Gasteiger partial charge in [0, 0.05) is 17.6 Å². The lowest BCUT2D eigenvalue weighted by Crippen LogP contribution is -2.56. The molecule has 2 amide bonds. The van der Waals surface area contributed by atoms with Crippen molar-refractivity contribution in [1.82, 2.24) is 5.32 Å². The predicted molar refractivity (Wildman–Crippen MR) is 79.1 cm³/mol. The molecule has 0 aromatic heterocycles. The van der Waals surface area contributed by atoms with E-state index in [9.17, 15) is 14.4 Å². The van der Waals surface area contributed by atoms with Crippen LogP contribution < -0.4 is 16.0 Å². The van der Waals surface area contributed by atoms with Crippen LogP contribution in [0.5, 0.6) is 0 Å². The molecular weight excluding hydrogens is 342 g/mol. The first-order valence-corrected chi connectivity index (χ1v) is 7.05. The van der Waals surface area contributed by atoms with Gasteiger partial charge >= 0.3 is 5.97 Å². The first-order chi connectivity index (χ1) is 9.91. The number of carboxylic acid groups (broad SMARTS) is 1. The van der Waals surface area contributed by atoms with Gasteiger partial charge in [-0.1, -0.05) is 6.07 Å². The molecule has 0 saturated carbocycles. The van der Waals surface area contributed by atoms with Gasteiger partial charge in [0.15, 0.2) is 0 Å². The zero-order valence-electron chi connectivity index (χ0n) is 11.0. The summed E-state index contributed by atoms with van der Waals surface area (Å²) in [6.07, 6.45) is -0.351. The van der Waals surface area contributed by atoms with E-state index in [0.29, 0.717) is 23.2 Å². The monoisotopic (exact) mass is 355 g/mol. The maximum absolute atomic E-state index is 11.9. The van der Waals surface area contributed by atoms with E-state index in [1.807, 2.05) is 0 Å². The maximum atomic E-state index is 11.9. The number of carboxylic acids is 1. The van der Waals surface area contributed by atoms with E-state index in [1.54, 1.807) is 23.1 Å². The van der Waals surface area contributed by atoms with E-state index in [-0.39, 0.29) is 17.9 Å². The number of piperazine rings is 1. The van der Waals surface area contributed by atoms with E-state index in [2.05, 4.69) is 21.2 Å². The molecule has 1 fully saturated rings. The number of aliphatic carboxylic acids is 1. The van der Waals surface area contributed by atoms with Gasteiger partial charge in [0.2, 0.25) is 5.91 Å². The van der Waals surface area contributed by atoms with Gasteiger partial charge in [0.1, 0.15) is 6.04 Å². The predicted octanol–water partition coefficient (Wildman–Crippen LogP) is 0.327. The van der Waals surface area contributed by atoms with Crippen LogP contribution in [0.3, 0.4) is 0 Å². The van der Waals surface area contributed by atoms with Crippen molar-refractivity contribution in [3.05, 3.63) is 28.2 Å². The number of anilines is 1. The molecule has 0 bridgehead atoms. The zero-order chi connectivity index (χ0) is 15.6. The molecular formula is C13H14BrN3O4. The second-order valence-electron chi connectivity index (χ2n) is 4.60. The molecule has 8 heteroatoms. The largest absolute Gasteiger partial charge is 0.481 e. The molecule has 1 aliphatic heterocycles. The third-order valence-corrected chi connectivity index (χ3v) is 3.91. The molecule has 1 atom stereocenters. The molecule has 1 aromatic carbocycles. The Morgan fingerprint density at radius 2 is 2.19 bits per heavy atom. The van der Waals surface area contributed by atoms with Crippen LogP contribution in [-0.2, 0) is 9.59 Å². The van der Waals surface area contributed by atoms with E-state index in [4.69, 9.17) is 10.8 Å². The Labute approximate surface area is 129 Å². The standard InChI is InChI=1S/C13H14BrN3O4/c14-7-2-1-3-8(11(7)12(15)20)17-5-4-16-13(21)9(17)6-10(18)19/h1-3,9H,4-6H2,(H2,15,20)(H,16,21)(H,18,19). The summed E-state index contributed by atoms with van der Waals surface area (Å²) in [7, 11) is 0. The highest BCUT2D eigenvalue weighted by molar-refractivity contribution is 9.10. The molecule has 7 nitrogen and oxygen atoms in total. The molecule has 1 unspecified atom stereocenters. The molecule has 4 N–H and O–H groups in total. The molecule has 1 heterocycles. The Morgan fingerprint density at radius 1 is 1.48 bits per heavy atom. The summed E-state index contributed by atoms with van der Waals surface area (Å²) >= 11 is 3.26. The summed E-state index contributed by atoms with van der Waals surface area (Å²) in [4.78, 5) is 36.2. The number of nitrogens with one attached hydrogen (secondary N) is 1. The number of hydrogen-bond acceptors (Lipinski definition) is 4. The van der Waals surface area contributed by atoms with Crippen LogP contribution in [0.1, 0.15) is 16.8 Å². The van der Waals surface area contributed by atoms with Gasteiger partial charge in [-0.15, -0.1) is 0 Å². The van der Waals surface area contributed by atoms with Crippen LogP contribution in [0.15, 0.2) is 22.7 Å². The summed E-state index contributed by atoms with van der Waals surface area (Å²) in [6.45, 7) is 0.778. The average Bonchev–Trinajstić information content (AvgIpc) is 2.40. The smallest absolute Gasteiger partial charge is 0.305 e. The van der Waals surface area contributed by atoms with Crippen molar-refractivity contribution in [2.75, 3.05) is 18.0 Å². The maximum Gasteiger partial charge on any atom is 0.305 e. The molecule has 0 aliphatic carbocycles. The molecule has 1 aliphatic rings. The van der Waals surface area contributed by atoms with Crippen molar-refractivity contribution < 1.29 is 19.5 Å². The van der Waals surface area contributed by atoms with Gasteiger partial charge < -0.3 is 21.1 Å². The normalized spacial score (nSPS) is 18.2. The number of nitrogens with zero attached hydrogens (tertiary/aromatic N) is 1. The van der Waals surface area contributed by atoms with Gasteiger partial charge in [0.25, 0.3) is 5.91 Å². The number of primary amides is 1. The molecule has 0 spiro atoms. The molecule has 1 saturated heterocycles. The zero-order valence-corrected chi connectivity index (χ0v) is 12.6. The number of carbonyl (C=O) groups is 3. The van der Waals surface area contributed by atoms with Crippen LogP contribution in [0, 0.1) is 0 Å². The summed E-state index contributed by atoms with van der Waals surface area (Å²) in [5.74, 6) is -2.10. The minimum atomic E-state index is -1.09. The number of halogens is 1. The average molecular weight is 356 g/mol. The quantitative estimate of drug-likeness (QED) is 0.720. The fraction of sp³-hybridized carbons (Fsp3) is 0.308. The number of amides is 2. The third kappa shape index (κ3) is 3.15. The second-order valence-corrected chi connectivity index (χ2v) is 5.45. The Hall–Kier alpha value is -2.09. The third-order valence-electron chi connectivity index (χ3n) is 3.25. The highest BCUT2D eigenvalue weighted by atomic mass is 79.9. The highest BCUT2D eigenvalue weighted by Crippen LogP contribution is 2.30. The van der Waals surface area contributed by atoms with Crippen LogP contribution in [0.4, 0.5) is 5.69 Å². The summed E-state index contributed by atoms with van der Waals surface area (Å²) in [6, 6.07) is 4.15. The lowest BCUT2D eigenvalue weighted by atomic mass is 10.0. The van der Waals surface area contributed by atoms with Gasteiger partial charge in [0.05, 0.1) is 17.7 Å². The van der Waals surface area contributed by atoms with E-state index < -0.39 is 17.9 Å². The van der Waals surface area contributed by atoms with Crippen LogP contribution >= 0.6 is 15.9 Å². The van der Waals surface area contributed by atoms with Crippen LogP contribution in [0.25, 0.3) is 0 Å². The van der Waals surface area contributed by atoms with Gasteiger partial charge in [-0.2, -0.15) is 0 Å². The lowest BCUT2D eigenvalue weighted by Gasteiger charge is -2.37. The van der Waals surface area contributed by atoms with Crippen molar-refractivity contribution >= 4 is 39.4 Å². The molecule has 2 rings (SSSR count). The number of nitrogens with two attached hydrogens (primary N) is 1. The van der Waals surface area contributed by atoms with Gasteiger partial charge in [-0.3, -0.25) is 14.4 Å². The Bertz CT molecular complexity index is 605. The fourth-order valence-electron chi connectivity index (χ4n) is 2.37. The molecule has 21 heavy (non-hydrogen) atoms. The number of hydrogen-bond donors (Lipinski definition) is 3. The summed E-state index contributed by atoms with van der Waals surface area (Å²) in [5, 5.41) is 11.6. The summed E-state index contributed by atoms with van der Waals surface area (Å²) < 4.78 is 0.507. The minimum Gasteiger partial charge on any atom is -0.481 e. The lowest BCUT2D eigenvalue weighted by molar-refractivity contribution is -0.139. The Balaban J connectivity index is 2.47. The van der Waals surface area contributed by atoms with Crippen molar-refractivity contribution in [3.63, 3.8) is 0 Å². The summed E-state index contributed by atoms with van der Waals surface area (Å²) in [5.41, 5.74) is 6.09. The molecule has 112 valence electrons. The van der Waals surface area contributed by atoms with Gasteiger partial charge in [-0.25, -0.2) is 0 Å². The van der Waals surface area contributed by atoms with Crippen molar-refractivity contribution in [2.45, 2.75) is 12.5 Å². The first-order valence-electron chi connectivity index (χ1n) is 6.26.